The fraction of sp³-hybridized carbons (Fsp3) is 0.438. The molecule has 0 bridgehead atoms. The molecule has 3 aliphatic rings. The Labute approximate surface area is 132 Å². The molecule has 0 aliphatic carbocycles. The van der Waals surface area contributed by atoms with Gasteiger partial charge in [-0.25, -0.2) is 4.79 Å². The van der Waals surface area contributed by atoms with E-state index >= 15 is 0 Å². The average molecular weight is 316 g/mol. The predicted molar refractivity (Wildman–Crippen MR) is 77.3 cm³/mol. The molecule has 0 aromatic heterocycles. The summed E-state index contributed by atoms with van der Waals surface area (Å²) in [7, 11) is 0. The summed E-state index contributed by atoms with van der Waals surface area (Å²) in [5.41, 5.74) is 0.527. The molecular weight excluding hydrogens is 300 g/mol. The Morgan fingerprint density at radius 1 is 1.13 bits per heavy atom. The third kappa shape index (κ3) is 2.24. The summed E-state index contributed by atoms with van der Waals surface area (Å²) in [5, 5.41) is 0.583. The number of ether oxygens (including phenoxy) is 1. The van der Waals surface area contributed by atoms with Gasteiger partial charge >= 0.3 is 5.97 Å². The first-order valence-corrected chi connectivity index (χ1v) is 7.68. The van der Waals surface area contributed by atoms with Crippen LogP contribution in [0.5, 0.6) is 0 Å². The Morgan fingerprint density at radius 3 is 2.52 bits per heavy atom. The number of amides is 2. The van der Waals surface area contributed by atoms with Crippen molar-refractivity contribution >= 4 is 17.8 Å². The maximum absolute atomic E-state index is 12.4. The number of hydrogen-bond acceptors (Lipinski definition) is 6. The monoisotopic (exact) mass is 316 g/mol. The number of morpholine rings is 1. The highest BCUT2D eigenvalue weighted by atomic mass is 16.7. The van der Waals surface area contributed by atoms with Gasteiger partial charge in [-0.05, 0) is 25.1 Å². The molecule has 0 radical (unpaired) electrons. The molecule has 2 fully saturated rings. The second-order valence-corrected chi connectivity index (χ2v) is 5.93. The normalized spacial score (nSPS) is 27.0. The molecule has 2 amide bonds. The molecule has 2 atom stereocenters. The van der Waals surface area contributed by atoms with Crippen LogP contribution in [0.15, 0.2) is 24.3 Å². The van der Waals surface area contributed by atoms with Crippen LogP contribution in [-0.4, -0.2) is 60.1 Å². The van der Waals surface area contributed by atoms with Crippen LogP contribution in [0, 0.1) is 5.92 Å². The van der Waals surface area contributed by atoms with Crippen molar-refractivity contribution in [3.05, 3.63) is 35.4 Å². The standard InChI is InChI=1S/C16H16N2O5/c19-14-10-3-1-2-4-11(10)15(20)18(14)23-16(21)12-5-6-17-7-8-22-9-13(12)17/h1-4,12-13H,5-9H2. The van der Waals surface area contributed by atoms with Crippen LogP contribution in [0.2, 0.25) is 0 Å². The van der Waals surface area contributed by atoms with Gasteiger partial charge < -0.3 is 9.57 Å². The second-order valence-electron chi connectivity index (χ2n) is 5.93. The van der Waals surface area contributed by atoms with Crippen molar-refractivity contribution in [2.24, 2.45) is 5.92 Å². The van der Waals surface area contributed by atoms with E-state index in [-0.39, 0.29) is 23.1 Å². The zero-order chi connectivity index (χ0) is 16.0. The first-order chi connectivity index (χ1) is 11.2. The van der Waals surface area contributed by atoms with E-state index in [2.05, 4.69) is 4.90 Å². The summed E-state index contributed by atoms with van der Waals surface area (Å²) in [6, 6.07) is 6.41. The topological polar surface area (TPSA) is 76.2 Å². The minimum absolute atomic E-state index is 0.0357. The van der Waals surface area contributed by atoms with Crippen LogP contribution < -0.4 is 0 Å². The van der Waals surface area contributed by atoms with Crippen molar-refractivity contribution in [2.75, 3.05) is 26.3 Å². The zero-order valence-electron chi connectivity index (χ0n) is 12.4. The molecule has 0 N–H and O–H groups in total. The number of carbonyl (C=O) groups excluding carboxylic acids is 3. The van der Waals surface area contributed by atoms with Gasteiger partial charge in [0.05, 0.1) is 30.3 Å². The van der Waals surface area contributed by atoms with Gasteiger partial charge in [-0.15, -0.1) is 0 Å². The third-order valence-electron chi connectivity index (χ3n) is 4.71. The van der Waals surface area contributed by atoms with E-state index in [0.29, 0.717) is 24.7 Å². The number of nitrogens with zero attached hydrogens (tertiary/aromatic N) is 2. The zero-order valence-corrected chi connectivity index (χ0v) is 12.4. The van der Waals surface area contributed by atoms with Crippen LogP contribution in [0.3, 0.4) is 0 Å². The Kier molecular flexibility index (Phi) is 3.39. The molecule has 120 valence electrons. The van der Waals surface area contributed by atoms with Gasteiger partial charge in [0.15, 0.2) is 0 Å². The number of fused-ring (bicyclic) bond motifs is 2. The molecule has 4 rings (SSSR count). The lowest BCUT2D eigenvalue weighted by atomic mass is 10.0. The maximum atomic E-state index is 12.4. The molecule has 0 spiro atoms. The highest BCUT2D eigenvalue weighted by Crippen LogP contribution is 2.29. The third-order valence-corrected chi connectivity index (χ3v) is 4.71. The Balaban J connectivity index is 1.50. The van der Waals surface area contributed by atoms with E-state index in [4.69, 9.17) is 9.57 Å². The fourth-order valence-electron chi connectivity index (χ4n) is 3.49. The summed E-state index contributed by atoms with van der Waals surface area (Å²) in [4.78, 5) is 44.3. The lowest BCUT2D eigenvalue weighted by Crippen LogP contribution is -2.46. The number of carbonyl (C=O) groups is 3. The SMILES string of the molecule is O=C(ON1C(=O)c2ccccc2C1=O)C1CCN2CCOCC12. The van der Waals surface area contributed by atoms with Crippen LogP contribution in [0.25, 0.3) is 0 Å². The number of hydrogen-bond donors (Lipinski definition) is 0. The first kappa shape index (κ1) is 14.3. The van der Waals surface area contributed by atoms with E-state index < -0.39 is 17.8 Å². The highest BCUT2D eigenvalue weighted by molar-refractivity contribution is 6.20. The predicted octanol–water partition coefficient (Wildman–Crippen LogP) is 0.462. The summed E-state index contributed by atoms with van der Waals surface area (Å²) in [6.07, 6.45) is 0.649. The molecule has 3 aliphatic heterocycles. The van der Waals surface area contributed by atoms with E-state index in [0.717, 1.165) is 13.1 Å². The Bertz CT molecular complexity index is 654. The molecule has 3 heterocycles. The van der Waals surface area contributed by atoms with E-state index in [1.54, 1.807) is 24.3 Å². The van der Waals surface area contributed by atoms with Crippen molar-refractivity contribution in [2.45, 2.75) is 12.5 Å². The summed E-state index contributed by atoms with van der Waals surface area (Å²) in [6.45, 7) is 2.73. The molecular formula is C16H16N2O5. The molecule has 2 unspecified atom stereocenters. The van der Waals surface area contributed by atoms with Crippen LogP contribution in [0.4, 0.5) is 0 Å². The average Bonchev–Trinajstić information content (AvgIpc) is 3.11. The molecule has 0 saturated carbocycles. The van der Waals surface area contributed by atoms with Crippen molar-refractivity contribution in [1.29, 1.82) is 0 Å². The van der Waals surface area contributed by atoms with Crippen molar-refractivity contribution < 1.29 is 24.0 Å². The van der Waals surface area contributed by atoms with Crippen LogP contribution in [-0.2, 0) is 14.4 Å². The number of rotatable bonds is 2. The van der Waals surface area contributed by atoms with Gasteiger partial charge in [0.1, 0.15) is 0 Å². The summed E-state index contributed by atoms with van der Waals surface area (Å²) >= 11 is 0. The molecule has 7 heteroatoms. The van der Waals surface area contributed by atoms with E-state index in [1.807, 2.05) is 0 Å². The number of benzene rings is 1. The smallest absolute Gasteiger partial charge is 0.337 e. The molecule has 7 nitrogen and oxygen atoms in total. The van der Waals surface area contributed by atoms with Gasteiger partial charge in [-0.3, -0.25) is 14.5 Å². The van der Waals surface area contributed by atoms with Crippen molar-refractivity contribution in [1.82, 2.24) is 9.96 Å². The largest absolute Gasteiger partial charge is 0.378 e. The van der Waals surface area contributed by atoms with Gasteiger partial charge in [-0.2, -0.15) is 0 Å². The van der Waals surface area contributed by atoms with Gasteiger partial charge in [-0.1, -0.05) is 17.2 Å². The quantitative estimate of drug-likeness (QED) is 0.738. The van der Waals surface area contributed by atoms with Crippen molar-refractivity contribution in [3.8, 4) is 0 Å². The van der Waals surface area contributed by atoms with Gasteiger partial charge in [0.25, 0.3) is 11.8 Å². The summed E-state index contributed by atoms with van der Waals surface area (Å²) in [5.74, 6) is -2.10. The lowest BCUT2D eigenvalue weighted by Gasteiger charge is -2.31. The first-order valence-electron chi connectivity index (χ1n) is 7.68. The van der Waals surface area contributed by atoms with E-state index in [9.17, 15) is 14.4 Å². The van der Waals surface area contributed by atoms with Gasteiger partial charge in [0, 0.05) is 12.6 Å². The van der Waals surface area contributed by atoms with Crippen molar-refractivity contribution in [3.63, 3.8) is 0 Å². The molecule has 1 aromatic rings. The Morgan fingerprint density at radius 2 is 1.83 bits per heavy atom. The number of imide groups is 1. The van der Waals surface area contributed by atoms with E-state index in [1.165, 1.54) is 0 Å². The fourth-order valence-corrected chi connectivity index (χ4v) is 3.49. The second kappa shape index (κ2) is 5.43. The molecule has 23 heavy (non-hydrogen) atoms. The molecule has 1 aromatic carbocycles. The Hall–Kier alpha value is -2.25. The van der Waals surface area contributed by atoms with Gasteiger partial charge in [0.2, 0.25) is 0 Å². The maximum Gasteiger partial charge on any atom is 0.337 e. The van der Waals surface area contributed by atoms with Crippen LogP contribution >= 0.6 is 0 Å². The van der Waals surface area contributed by atoms with Crippen LogP contribution in [0.1, 0.15) is 27.1 Å². The minimum Gasteiger partial charge on any atom is -0.378 e. The molecule has 2 saturated heterocycles. The lowest BCUT2D eigenvalue weighted by molar-refractivity contribution is -0.175. The number of hydroxylamine groups is 2. The highest BCUT2D eigenvalue weighted by Gasteiger charge is 2.45. The summed E-state index contributed by atoms with van der Waals surface area (Å²) < 4.78 is 5.43. The minimum atomic E-state index is -0.589.